The average molecular weight is 510 g/mol. The molecule has 0 aliphatic carbocycles. The number of benzene rings is 2. The van der Waals surface area contributed by atoms with Gasteiger partial charge in [0.15, 0.2) is 15.8 Å². The molecule has 9 heteroatoms. The van der Waals surface area contributed by atoms with Crippen LogP contribution in [0.15, 0.2) is 58.2 Å². The molecule has 0 N–H and O–H groups in total. The number of methoxy groups -OCH3 is 1. The summed E-state index contributed by atoms with van der Waals surface area (Å²) in [4.78, 5) is 28.6. The van der Waals surface area contributed by atoms with E-state index >= 15 is 0 Å². The summed E-state index contributed by atoms with van der Waals surface area (Å²) < 4.78 is 14.9. The van der Waals surface area contributed by atoms with Gasteiger partial charge < -0.3 is 9.47 Å². The van der Waals surface area contributed by atoms with Crippen molar-refractivity contribution in [3.05, 3.63) is 75.0 Å². The fourth-order valence-corrected chi connectivity index (χ4v) is 5.11. The second-order valence-electron chi connectivity index (χ2n) is 8.04. The molecule has 7 nitrogen and oxygen atoms in total. The van der Waals surface area contributed by atoms with E-state index in [2.05, 4.69) is 6.92 Å². The van der Waals surface area contributed by atoms with Crippen LogP contribution in [0.1, 0.15) is 31.0 Å². The molecule has 0 spiro atoms. The van der Waals surface area contributed by atoms with Crippen molar-refractivity contribution in [3.8, 4) is 17.2 Å². The first-order valence-electron chi connectivity index (χ1n) is 11.3. The van der Waals surface area contributed by atoms with E-state index in [1.807, 2.05) is 48.5 Å². The van der Waals surface area contributed by atoms with E-state index in [9.17, 15) is 9.59 Å². The monoisotopic (exact) mass is 509 g/mol. The van der Waals surface area contributed by atoms with Crippen LogP contribution >= 0.6 is 24.0 Å². The molecule has 1 aliphatic rings. The van der Waals surface area contributed by atoms with Crippen LogP contribution in [0, 0.1) is 6.92 Å². The number of nitrogens with zero attached hydrogens (tertiary/aromatic N) is 3. The minimum atomic E-state index is -0.326. The summed E-state index contributed by atoms with van der Waals surface area (Å²) in [7, 11) is 3.37. The van der Waals surface area contributed by atoms with Crippen LogP contribution in [0.3, 0.4) is 0 Å². The predicted molar refractivity (Wildman–Crippen MR) is 145 cm³/mol. The van der Waals surface area contributed by atoms with Gasteiger partial charge in [-0.25, -0.2) is 4.68 Å². The van der Waals surface area contributed by atoms with Gasteiger partial charge in [-0.15, -0.1) is 0 Å². The van der Waals surface area contributed by atoms with E-state index in [1.54, 1.807) is 31.8 Å². The Balaban J connectivity index is 1.66. The number of anilines is 1. The van der Waals surface area contributed by atoms with Crippen molar-refractivity contribution >= 4 is 46.0 Å². The fourth-order valence-electron chi connectivity index (χ4n) is 3.84. The first-order chi connectivity index (χ1) is 16.9. The Bertz CT molecular complexity index is 1360. The zero-order valence-electron chi connectivity index (χ0n) is 20.1. The summed E-state index contributed by atoms with van der Waals surface area (Å²) in [6.45, 7) is 4.52. The molecular weight excluding hydrogens is 482 g/mol. The Hall–Kier alpha value is -3.30. The van der Waals surface area contributed by atoms with Gasteiger partial charge in [0.25, 0.3) is 11.5 Å². The fraction of sp³-hybridized carbons (Fsp3) is 0.269. The van der Waals surface area contributed by atoms with Crippen LogP contribution in [-0.4, -0.2) is 33.3 Å². The van der Waals surface area contributed by atoms with Gasteiger partial charge in [0.2, 0.25) is 0 Å². The zero-order chi connectivity index (χ0) is 25.1. The standard InChI is InChI=1S/C26H27N3O4S2/c1-5-6-14-33-20-13-12-18(15-21(20)32-4)16-22-24(30)28(26(34)35-22)23-17(2)27(3)29(25(23)31)19-10-8-7-9-11-19/h7-13,15-16H,5-6,14H2,1-4H3. The number of hydrogen-bond acceptors (Lipinski definition) is 6. The quantitative estimate of drug-likeness (QED) is 0.240. The van der Waals surface area contributed by atoms with Gasteiger partial charge in [-0.3, -0.25) is 19.2 Å². The summed E-state index contributed by atoms with van der Waals surface area (Å²) in [5.74, 6) is 0.926. The van der Waals surface area contributed by atoms with Crippen LogP contribution in [-0.2, 0) is 11.8 Å². The van der Waals surface area contributed by atoms with Gasteiger partial charge in [-0.1, -0.05) is 61.6 Å². The number of hydrogen-bond donors (Lipinski definition) is 0. The van der Waals surface area contributed by atoms with Crippen molar-refractivity contribution in [1.29, 1.82) is 0 Å². The normalized spacial score (nSPS) is 14.7. The molecule has 0 unspecified atom stereocenters. The topological polar surface area (TPSA) is 65.7 Å². The van der Waals surface area contributed by atoms with Crippen LogP contribution in [0.2, 0.25) is 0 Å². The van der Waals surface area contributed by atoms with E-state index in [-0.39, 0.29) is 17.2 Å². The maximum Gasteiger partial charge on any atom is 0.296 e. The van der Waals surface area contributed by atoms with Gasteiger partial charge >= 0.3 is 0 Å². The number of carbonyl (C=O) groups excluding carboxylic acids is 1. The van der Waals surface area contributed by atoms with Crippen LogP contribution in [0.25, 0.3) is 11.8 Å². The largest absolute Gasteiger partial charge is 0.493 e. The lowest BCUT2D eigenvalue weighted by molar-refractivity contribution is -0.113. The molecule has 4 rings (SSSR count). The van der Waals surface area contributed by atoms with Crippen LogP contribution < -0.4 is 19.9 Å². The number of unbranched alkanes of at least 4 members (excludes halogenated alkanes) is 1. The molecule has 1 fully saturated rings. The number of thiocarbonyl (C=S) groups is 1. The third kappa shape index (κ3) is 4.78. The van der Waals surface area contributed by atoms with Crippen molar-refractivity contribution in [2.45, 2.75) is 26.7 Å². The van der Waals surface area contributed by atoms with E-state index in [0.717, 1.165) is 18.4 Å². The van der Waals surface area contributed by atoms with Crippen molar-refractivity contribution in [1.82, 2.24) is 9.36 Å². The smallest absolute Gasteiger partial charge is 0.296 e. The average Bonchev–Trinajstić information content (AvgIpc) is 3.25. The zero-order valence-corrected chi connectivity index (χ0v) is 21.7. The maximum absolute atomic E-state index is 13.4. The second-order valence-corrected chi connectivity index (χ2v) is 9.72. The molecule has 1 amide bonds. The third-order valence-electron chi connectivity index (χ3n) is 5.78. The highest BCUT2D eigenvalue weighted by Crippen LogP contribution is 2.37. The highest BCUT2D eigenvalue weighted by Gasteiger charge is 2.37. The summed E-state index contributed by atoms with van der Waals surface area (Å²) in [5, 5.41) is 0. The van der Waals surface area contributed by atoms with E-state index in [4.69, 9.17) is 21.7 Å². The lowest BCUT2D eigenvalue weighted by Crippen LogP contribution is -2.33. The predicted octanol–water partition coefficient (Wildman–Crippen LogP) is 5.08. The Morgan fingerprint density at radius 1 is 1.09 bits per heavy atom. The Labute approximate surface area is 213 Å². The summed E-state index contributed by atoms with van der Waals surface area (Å²) in [6.07, 6.45) is 3.75. The molecule has 0 bridgehead atoms. The molecule has 0 saturated carbocycles. The summed E-state index contributed by atoms with van der Waals surface area (Å²) >= 11 is 6.71. The highest BCUT2D eigenvalue weighted by molar-refractivity contribution is 8.27. The highest BCUT2D eigenvalue weighted by atomic mass is 32.2. The molecule has 0 radical (unpaired) electrons. The Morgan fingerprint density at radius 2 is 1.83 bits per heavy atom. The second kappa shape index (κ2) is 10.5. The van der Waals surface area contributed by atoms with Crippen molar-refractivity contribution < 1.29 is 14.3 Å². The van der Waals surface area contributed by atoms with Crippen molar-refractivity contribution in [2.24, 2.45) is 7.05 Å². The lowest BCUT2D eigenvalue weighted by atomic mass is 10.2. The molecule has 182 valence electrons. The van der Waals surface area contributed by atoms with E-state index in [0.29, 0.717) is 38.7 Å². The van der Waals surface area contributed by atoms with Gasteiger partial charge in [-0.05, 0) is 49.2 Å². The number of rotatable bonds is 8. The molecular formula is C26H27N3O4S2. The minimum Gasteiger partial charge on any atom is -0.493 e. The van der Waals surface area contributed by atoms with Crippen molar-refractivity contribution in [3.63, 3.8) is 0 Å². The number of ether oxygens (including phenoxy) is 2. The van der Waals surface area contributed by atoms with Gasteiger partial charge in [0.1, 0.15) is 5.69 Å². The third-order valence-corrected chi connectivity index (χ3v) is 7.08. The molecule has 3 aromatic rings. The summed E-state index contributed by atoms with van der Waals surface area (Å²) in [5.41, 5.74) is 2.09. The summed E-state index contributed by atoms with van der Waals surface area (Å²) in [6, 6.07) is 14.8. The first-order valence-corrected chi connectivity index (χ1v) is 12.5. The number of thioether (sulfide) groups is 1. The number of aromatic nitrogens is 2. The molecule has 35 heavy (non-hydrogen) atoms. The molecule has 1 aliphatic heterocycles. The molecule has 2 aromatic carbocycles. The Morgan fingerprint density at radius 3 is 2.51 bits per heavy atom. The van der Waals surface area contributed by atoms with E-state index in [1.165, 1.54) is 21.3 Å². The first kappa shape index (κ1) is 24.8. The molecule has 1 saturated heterocycles. The lowest BCUT2D eigenvalue weighted by Gasteiger charge is -2.12. The van der Waals surface area contributed by atoms with Gasteiger partial charge in [0.05, 0.1) is 30.0 Å². The maximum atomic E-state index is 13.4. The number of carbonyl (C=O) groups is 1. The number of amides is 1. The molecule has 1 aromatic heterocycles. The Kier molecular flexibility index (Phi) is 7.47. The van der Waals surface area contributed by atoms with Crippen molar-refractivity contribution in [2.75, 3.05) is 18.6 Å². The van der Waals surface area contributed by atoms with E-state index < -0.39 is 0 Å². The minimum absolute atomic E-state index is 0.263. The van der Waals surface area contributed by atoms with Crippen LogP contribution in [0.5, 0.6) is 11.5 Å². The van der Waals surface area contributed by atoms with Gasteiger partial charge in [0, 0.05) is 7.05 Å². The van der Waals surface area contributed by atoms with Crippen LogP contribution in [0.4, 0.5) is 5.69 Å². The SMILES string of the molecule is CCCCOc1ccc(C=C2SC(=S)N(c3c(C)n(C)n(-c4ccccc4)c3=O)C2=O)cc1OC. The number of para-hydroxylation sites is 1. The molecule has 2 heterocycles. The van der Waals surface area contributed by atoms with Gasteiger partial charge in [-0.2, -0.15) is 0 Å². The molecule has 0 atom stereocenters.